The molecule has 0 atom stereocenters. The quantitative estimate of drug-likeness (QED) is 0.456. The van der Waals surface area contributed by atoms with Gasteiger partial charge in [-0.15, -0.1) is 0 Å². The van der Waals surface area contributed by atoms with E-state index in [-0.39, 0.29) is 5.41 Å². The first-order valence-electron chi connectivity index (χ1n) is 7.53. The summed E-state index contributed by atoms with van der Waals surface area (Å²) < 4.78 is 5.46. The number of nitrogens with one attached hydrogen (secondary N) is 1. The molecule has 0 saturated carbocycles. The Bertz CT molecular complexity index is 456. The zero-order valence-electron chi connectivity index (χ0n) is 14.2. The minimum atomic E-state index is -0.132. The molecule has 1 heterocycles. The number of nitrogens with zero attached hydrogens (tertiary/aromatic N) is 3. The van der Waals surface area contributed by atoms with Crippen molar-refractivity contribution in [1.29, 1.82) is 0 Å². The van der Waals surface area contributed by atoms with E-state index in [4.69, 9.17) is 15.6 Å². The lowest BCUT2D eigenvalue weighted by molar-refractivity contribution is 0.154. The second-order valence-electron chi connectivity index (χ2n) is 6.02. The first kappa shape index (κ1) is 17.7. The number of anilines is 2. The van der Waals surface area contributed by atoms with Gasteiger partial charge in [0.2, 0.25) is 0 Å². The number of rotatable bonds is 7. The maximum absolute atomic E-state index is 5.61. The van der Waals surface area contributed by atoms with E-state index in [0.717, 1.165) is 36.9 Å². The van der Waals surface area contributed by atoms with Crippen LogP contribution in [0.2, 0.25) is 0 Å². The predicted octanol–water partition coefficient (Wildman–Crippen LogP) is 2.23. The summed E-state index contributed by atoms with van der Waals surface area (Å²) in [6.07, 6.45) is 0. The van der Waals surface area contributed by atoms with Crippen molar-refractivity contribution >= 4 is 11.6 Å². The fourth-order valence-electron chi connectivity index (χ4n) is 2.02. The van der Waals surface area contributed by atoms with Crippen LogP contribution in [0.1, 0.15) is 46.0 Å². The van der Waals surface area contributed by atoms with Crippen molar-refractivity contribution in [3.8, 4) is 0 Å². The Labute approximate surface area is 128 Å². The van der Waals surface area contributed by atoms with Crippen LogP contribution < -0.4 is 16.2 Å². The van der Waals surface area contributed by atoms with Crippen LogP contribution >= 0.6 is 0 Å². The van der Waals surface area contributed by atoms with E-state index in [2.05, 4.69) is 43.0 Å². The van der Waals surface area contributed by atoms with Crippen LogP contribution in [0.3, 0.4) is 0 Å². The van der Waals surface area contributed by atoms with Gasteiger partial charge in [0.15, 0.2) is 0 Å². The van der Waals surface area contributed by atoms with Gasteiger partial charge >= 0.3 is 0 Å². The molecule has 0 aromatic carbocycles. The Kier molecular flexibility index (Phi) is 6.36. The van der Waals surface area contributed by atoms with Crippen LogP contribution in [0.5, 0.6) is 0 Å². The molecule has 0 fully saturated rings. The second kappa shape index (κ2) is 7.56. The Morgan fingerprint density at radius 1 is 1.24 bits per heavy atom. The van der Waals surface area contributed by atoms with Gasteiger partial charge in [-0.2, -0.15) is 0 Å². The van der Waals surface area contributed by atoms with Gasteiger partial charge in [-0.1, -0.05) is 20.8 Å². The lowest BCUT2D eigenvalue weighted by Gasteiger charge is -2.27. The standard InChI is InChI=1S/C15H29N5O/c1-7-20(9-10-21-8-2)13-11(3)12(19-16)17-14(18-13)15(4,5)6/h7-10,16H2,1-6H3,(H,17,18,19). The van der Waals surface area contributed by atoms with E-state index < -0.39 is 0 Å². The highest BCUT2D eigenvalue weighted by Crippen LogP contribution is 2.27. The average molecular weight is 295 g/mol. The van der Waals surface area contributed by atoms with E-state index in [1.54, 1.807) is 0 Å². The summed E-state index contributed by atoms with van der Waals surface area (Å²) in [5, 5.41) is 0. The highest BCUT2D eigenvalue weighted by molar-refractivity contribution is 5.58. The summed E-state index contributed by atoms with van der Waals surface area (Å²) in [7, 11) is 0. The van der Waals surface area contributed by atoms with E-state index in [9.17, 15) is 0 Å². The minimum absolute atomic E-state index is 0.132. The van der Waals surface area contributed by atoms with Crippen LogP contribution in [-0.4, -0.2) is 36.3 Å². The molecule has 3 N–H and O–H groups in total. The topological polar surface area (TPSA) is 76.3 Å². The molecule has 21 heavy (non-hydrogen) atoms. The zero-order valence-corrected chi connectivity index (χ0v) is 14.2. The van der Waals surface area contributed by atoms with Crippen LogP contribution in [0.4, 0.5) is 11.6 Å². The third kappa shape index (κ3) is 4.54. The van der Waals surface area contributed by atoms with Crippen molar-refractivity contribution < 1.29 is 4.74 Å². The first-order chi connectivity index (χ1) is 9.85. The number of ether oxygens (including phenoxy) is 1. The molecule has 120 valence electrons. The molecule has 0 unspecified atom stereocenters. The Balaban J connectivity index is 3.18. The SMILES string of the molecule is CCOCCN(CC)c1nc(C(C)(C)C)nc(NN)c1C. The number of aromatic nitrogens is 2. The molecule has 1 aromatic heterocycles. The third-order valence-electron chi connectivity index (χ3n) is 3.32. The Hall–Kier alpha value is -1.40. The third-order valence-corrected chi connectivity index (χ3v) is 3.32. The van der Waals surface area contributed by atoms with E-state index in [0.29, 0.717) is 12.4 Å². The van der Waals surface area contributed by atoms with E-state index >= 15 is 0 Å². The van der Waals surface area contributed by atoms with Crippen molar-refractivity contribution in [2.45, 2.75) is 47.0 Å². The summed E-state index contributed by atoms with van der Waals surface area (Å²) in [5.41, 5.74) is 3.52. The predicted molar refractivity (Wildman–Crippen MR) is 87.7 cm³/mol. The number of nitrogens with two attached hydrogens (primary N) is 1. The minimum Gasteiger partial charge on any atom is -0.380 e. The summed E-state index contributed by atoms with van der Waals surface area (Å²) in [6, 6.07) is 0. The molecular weight excluding hydrogens is 266 g/mol. The Morgan fingerprint density at radius 3 is 2.38 bits per heavy atom. The molecule has 0 bridgehead atoms. The lowest BCUT2D eigenvalue weighted by Crippen LogP contribution is -2.31. The fourth-order valence-corrected chi connectivity index (χ4v) is 2.02. The highest BCUT2D eigenvalue weighted by Gasteiger charge is 2.22. The smallest absolute Gasteiger partial charge is 0.148 e. The van der Waals surface area contributed by atoms with Gasteiger partial charge in [-0.3, -0.25) is 0 Å². The molecular formula is C15H29N5O. The maximum Gasteiger partial charge on any atom is 0.148 e. The van der Waals surface area contributed by atoms with Crippen molar-refractivity contribution in [2.75, 3.05) is 36.6 Å². The van der Waals surface area contributed by atoms with Gasteiger partial charge in [0.25, 0.3) is 0 Å². The van der Waals surface area contributed by atoms with Gasteiger partial charge in [0, 0.05) is 30.7 Å². The molecule has 0 aliphatic heterocycles. The number of hydrazine groups is 1. The zero-order chi connectivity index (χ0) is 16.0. The van der Waals surface area contributed by atoms with Crippen LogP contribution in [0, 0.1) is 6.92 Å². The maximum atomic E-state index is 5.61. The molecule has 0 radical (unpaired) electrons. The molecule has 6 heteroatoms. The Morgan fingerprint density at radius 2 is 1.90 bits per heavy atom. The van der Waals surface area contributed by atoms with Gasteiger partial charge in [-0.05, 0) is 20.8 Å². The largest absolute Gasteiger partial charge is 0.380 e. The van der Waals surface area contributed by atoms with Crippen LogP contribution in [0.15, 0.2) is 0 Å². The number of hydrogen-bond donors (Lipinski definition) is 2. The summed E-state index contributed by atoms with van der Waals surface area (Å²) in [5.74, 6) is 8.00. The van der Waals surface area contributed by atoms with E-state index in [1.165, 1.54) is 0 Å². The van der Waals surface area contributed by atoms with Crippen LogP contribution in [0.25, 0.3) is 0 Å². The van der Waals surface area contributed by atoms with Crippen molar-refractivity contribution in [3.05, 3.63) is 11.4 Å². The molecule has 1 aromatic rings. The monoisotopic (exact) mass is 295 g/mol. The molecule has 6 nitrogen and oxygen atoms in total. The van der Waals surface area contributed by atoms with Crippen LogP contribution in [-0.2, 0) is 10.2 Å². The van der Waals surface area contributed by atoms with Crippen molar-refractivity contribution in [3.63, 3.8) is 0 Å². The molecule has 0 amide bonds. The fraction of sp³-hybridized carbons (Fsp3) is 0.733. The second-order valence-corrected chi connectivity index (χ2v) is 6.02. The van der Waals surface area contributed by atoms with Gasteiger partial charge in [-0.25, -0.2) is 15.8 Å². The van der Waals surface area contributed by atoms with Crippen molar-refractivity contribution in [2.24, 2.45) is 5.84 Å². The number of hydrogen-bond acceptors (Lipinski definition) is 6. The summed E-state index contributed by atoms with van der Waals surface area (Å²) in [4.78, 5) is 11.5. The first-order valence-corrected chi connectivity index (χ1v) is 7.53. The number of likely N-dealkylation sites (N-methyl/N-ethyl adjacent to an activating group) is 1. The molecule has 0 aliphatic rings. The molecule has 0 saturated heterocycles. The van der Waals surface area contributed by atoms with E-state index in [1.807, 2.05) is 13.8 Å². The van der Waals surface area contributed by atoms with Gasteiger partial charge in [0.1, 0.15) is 17.5 Å². The lowest BCUT2D eigenvalue weighted by atomic mass is 9.95. The number of nitrogen functional groups attached to an aromatic ring is 1. The average Bonchev–Trinajstić information content (AvgIpc) is 2.43. The summed E-state index contributed by atoms with van der Waals surface area (Å²) in [6.45, 7) is 15.5. The normalized spacial score (nSPS) is 11.6. The molecule has 1 rings (SSSR count). The van der Waals surface area contributed by atoms with Crippen molar-refractivity contribution in [1.82, 2.24) is 9.97 Å². The van der Waals surface area contributed by atoms with Gasteiger partial charge in [0.05, 0.1) is 6.61 Å². The molecule has 0 aliphatic carbocycles. The highest BCUT2D eigenvalue weighted by atomic mass is 16.5. The van der Waals surface area contributed by atoms with Gasteiger partial charge < -0.3 is 15.1 Å². The molecule has 0 spiro atoms. The summed E-state index contributed by atoms with van der Waals surface area (Å²) >= 11 is 0.